The van der Waals surface area contributed by atoms with Gasteiger partial charge >= 0.3 is 6.03 Å². The van der Waals surface area contributed by atoms with Crippen LogP contribution >= 0.6 is 11.3 Å². The van der Waals surface area contributed by atoms with Crippen LogP contribution in [0.4, 0.5) is 9.18 Å². The van der Waals surface area contributed by atoms with Crippen molar-refractivity contribution in [2.75, 3.05) is 13.1 Å². The van der Waals surface area contributed by atoms with Crippen LogP contribution in [0.3, 0.4) is 0 Å². The van der Waals surface area contributed by atoms with E-state index in [1.54, 1.807) is 11.3 Å². The van der Waals surface area contributed by atoms with E-state index in [1.165, 1.54) is 17.0 Å². The molecule has 3 amide bonds. The third-order valence-electron chi connectivity index (χ3n) is 5.95. The number of rotatable bonds is 5. The highest BCUT2D eigenvalue weighted by atomic mass is 32.1. The lowest BCUT2D eigenvalue weighted by molar-refractivity contribution is -0.133. The van der Waals surface area contributed by atoms with Crippen molar-refractivity contribution in [1.29, 1.82) is 0 Å². The fourth-order valence-corrected chi connectivity index (χ4v) is 4.88. The number of thiophene rings is 1. The first-order valence-corrected chi connectivity index (χ1v) is 10.5. The summed E-state index contributed by atoms with van der Waals surface area (Å²) in [5.41, 5.74) is 1.22. The van der Waals surface area contributed by atoms with Gasteiger partial charge in [0.2, 0.25) is 0 Å². The van der Waals surface area contributed by atoms with E-state index in [0.717, 1.165) is 43.6 Å². The maximum Gasteiger partial charge on any atom is 0.325 e. The predicted molar refractivity (Wildman–Crippen MR) is 106 cm³/mol. The molecule has 0 saturated carbocycles. The number of piperidine rings is 1. The summed E-state index contributed by atoms with van der Waals surface area (Å²) < 4.78 is 13.1. The Hall–Kier alpha value is -2.25. The first-order chi connectivity index (χ1) is 13.5. The van der Waals surface area contributed by atoms with E-state index < -0.39 is 5.54 Å². The van der Waals surface area contributed by atoms with Crippen LogP contribution in [0.2, 0.25) is 0 Å². The summed E-state index contributed by atoms with van der Waals surface area (Å²) in [6, 6.07) is 8.23. The highest BCUT2D eigenvalue weighted by molar-refractivity contribution is 7.07. The number of likely N-dealkylation sites (tertiary alicyclic amines) is 1. The van der Waals surface area contributed by atoms with Crippen LogP contribution < -0.4 is 5.32 Å². The van der Waals surface area contributed by atoms with Gasteiger partial charge in [-0.05, 0) is 78.9 Å². The molecule has 4 rings (SSSR count). The molecule has 7 heteroatoms. The number of urea groups is 1. The smallest absolute Gasteiger partial charge is 0.323 e. The molecular weight excluding hydrogens is 377 g/mol. The molecule has 5 nitrogen and oxygen atoms in total. The standard InChI is InChI=1S/C21H24FN3O2S/c1-21(19(26)25(20(27)23-21)13-16-8-11-28-14-16)17-6-9-24(10-7-17)12-15-2-4-18(22)5-3-15/h2-5,8,11,14,17H,6-7,9-10,12-13H2,1H3,(H,23,27)/t21-/m1/s1. The number of nitrogens with zero attached hydrogens (tertiary/aromatic N) is 2. The van der Waals surface area contributed by atoms with E-state index in [4.69, 9.17) is 0 Å². The number of carbonyl (C=O) groups excluding carboxylic acids is 2. The van der Waals surface area contributed by atoms with Crippen molar-refractivity contribution >= 4 is 23.3 Å². The van der Waals surface area contributed by atoms with Crippen LogP contribution in [0, 0.1) is 11.7 Å². The molecule has 0 aliphatic carbocycles. The predicted octanol–water partition coefficient (Wildman–Crippen LogP) is 3.61. The highest BCUT2D eigenvalue weighted by Gasteiger charge is 2.52. The fraction of sp³-hybridized carbons (Fsp3) is 0.429. The van der Waals surface area contributed by atoms with Gasteiger partial charge in [0.05, 0.1) is 6.54 Å². The Balaban J connectivity index is 1.37. The quantitative estimate of drug-likeness (QED) is 0.779. The zero-order valence-corrected chi connectivity index (χ0v) is 16.7. The van der Waals surface area contributed by atoms with Crippen molar-refractivity contribution in [3.63, 3.8) is 0 Å². The minimum absolute atomic E-state index is 0.112. The number of nitrogens with one attached hydrogen (secondary N) is 1. The number of hydrogen-bond acceptors (Lipinski definition) is 4. The van der Waals surface area contributed by atoms with E-state index in [9.17, 15) is 14.0 Å². The number of benzene rings is 1. The first kappa shape index (κ1) is 19.1. The summed E-state index contributed by atoms with van der Waals surface area (Å²) >= 11 is 1.56. The topological polar surface area (TPSA) is 52.7 Å². The second-order valence-electron chi connectivity index (χ2n) is 7.83. The third kappa shape index (κ3) is 3.69. The Morgan fingerprint density at radius 1 is 1.11 bits per heavy atom. The maximum atomic E-state index is 13.1. The van der Waals surface area contributed by atoms with E-state index in [1.807, 2.05) is 35.9 Å². The molecule has 2 aliphatic rings. The van der Waals surface area contributed by atoms with Gasteiger partial charge in [-0.15, -0.1) is 0 Å². The van der Waals surface area contributed by atoms with Crippen molar-refractivity contribution in [1.82, 2.24) is 15.1 Å². The van der Waals surface area contributed by atoms with Gasteiger partial charge in [0.1, 0.15) is 11.4 Å². The lowest BCUT2D eigenvalue weighted by Gasteiger charge is -2.39. The molecule has 1 atom stereocenters. The number of hydrogen-bond donors (Lipinski definition) is 1. The maximum absolute atomic E-state index is 13.1. The molecule has 0 spiro atoms. The van der Waals surface area contributed by atoms with Crippen LogP contribution in [0.5, 0.6) is 0 Å². The molecule has 1 aromatic carbocycles. The largest absolute Gasteiger partial charge is 0.325 e. The van der Waals surface area contributed by atoms with E-state index in [2.05, 4.69) is 10.2 Å². The molecule has 3 heterocycles. The summed E-state index contributed by atoms with van der Waals surface area (Å²) in [4.78, 5) is 29.2. The number of halogens is 1. The Kier molecular flexibility index (Phi) is 5.21. The van der Waals surface area contributed by atoms with Crippen molar-refractivity contribution in [2.45, 2.75) is 38.4 Å². The Morgan fingerprint density at radius 3 is 2.46 bits per heavy atom. The van der Waals surface area contributed by atoms with Crippen LogP contribution in [0.15, 0.2) is 41.1 Å². The summed E-state index contributed by atoms with van der Waals surface area (Å²) in [7, 11) is 0. The monoisotopic (exact) mass is 401 g/mol. The van der Waals surface area contributed by atoms with Gasteiger partial charge in [0.15, 0.2) is 0 Å². The van der Waals surface area contributed by atoms with Crippen molar-refractivity contribution in [3.8, 4) is 0 Å². The van der Waals surface area contributed by atoms with Crippen LogP contribution in [0.1, 0.15) is 30.9 Å². The van der Waals surface area contributed by atoms with Gasteiger partial charge in [0, 0.05) is 6.54 Å². The van der Waals surface area contributed by atoms with Gasteiger partial charge in [-0.2, -0.15) is 11.3 Å². The SMILES string of the molecule is C[C@]1(C2CCN(Cc3ccc(F)cc3)CC2)NC(=O)N(Cc2ccsc2)C1=O. The summed E-state index contributed by atoms with van der Waals surface area (Å²) in [5, 5.41) is 6.87. The molecule has 28 heavy (non-hydrogen) atoms. The average molecular weight is 402 g/mol. The van der Waals surface area contributed by atoms with Crippen LogP contribution in [-0.2, 0) is 17.9 Å². The van der Waals surface area contributed by atoms with Gasteiger partial charge in [-0.3, -0.25) is 14.6 Å². The van der Waals surface area contributed by atoms with Crippen molar-refractivity contribution in [2.24, 2.45) is 5.92 Å². The molecule has 0 unspecified atom stereocenters. The number of carbonyl (C=O) groups is 2. The average Bonchev–Trinajstić information content (AvgIpc) is 3.27. The minimum Gasteiger partial charge on any atom is -0.323 e. The molecular formula is C21H24FN3O2S. The Labute approximate surface area is 168 Å². The van der Waals surface area contributed by atoms with E-state index in [0.29, 0.717) is 6.54 Å². The van der Waals surface area contributed by atoms with Gasteiger partial charge < -0.3 is 5.32 Å². The minimum atomic E-state index is -0.838. The first-order valence-electron chi connectivity index (χ1n) is 9.58. The summed E-state index contributed by atoms with van der Waals surface area (Å²) in [6.45, 7) is 4.67. The number of imide groups is 1. The Bertz CT molecular complexity index is 847. The summed E-state index contributed by atoms with van der Waals surface area (Å²) in [6.07, 6.45) is 1.69. The molecule has 2 saturated heterocycles. The van der Waals surface area contributed by atoms with Crippen molar-refractivity contribution < 1.29 is 14.0 Å². The summed E-state index contributed by atoms with van der Waals surface area (Å²) in [5.74, 6) is -0.237. The van der Waals surface area contributed by atoms with Gasteiger partial charge in [-0.25, -0.2) is 9.18 Å². The number of amides is 3. The second kappa shape index (κ2) is 7.64. The zero-order chi connectivity index (χ0) is 19.7. The van der Waals surface area contributed by atoms with Crippen LogP contribution in [0.25, 0.3) is 0 Å². The third-order valence-corrected chi connectivity index (χ3v) is 6.68. The molecule has 148 valence electrons. The van der Waals surface area contributed by atoms with Gasteiger partial charge in [-0.1, -0.05) is 12.1 Å². The zero-order valence-electron chi connectivity index (χ0n) is 15.9. The Morgan fingerprint density at radius 2 is 1.82 bits per heavy atom. The fourth-order valence-electron chi connectivity index (χ4n) is 4.22. The van der Waals surface area contributed by atoms with Gasteiger partial charge in [0.25, 0.3) is 5.91 Å². The lowest BCUT2D eigenvalue weighted by Crippen LogP contribution is -2.53. The molecule has 1 N–H and O–H groups in total. The molecule has 2 fully saturated rings. The van der Waals surface area contributed by atoms with Crippen molar-refractivity contribution in [3.05, 3.63) is 58.0 Å². The second-order valence-corrected chi connectivity index (χ2v) is 8.61. The van der Waals surface area contributed by atoms with E-state index >= 15 is 0 Å². The van der Waals surface area contributed by atoms with Crippen LogP contribution in [-0.4, -0.2) is 40.4 Å². The van der Waals surface area contributed by atoms with E-state index in [-0.39, 0.29) is 23.7 Å². The molecule has 0 radical (unpaired) electrons. The molecule has 2 aliphatic heterocycles. The lowest BCUT2D eigenvalue weighted by atomic mass is 9.79. The molecule has 1 aromatic heterocycles. The highest BCUT2D eigenvalue weighted by Crippen LogP contribution is 2.34. The molecule has 0 bridgehead atoms. The molecule has 2 aromatic rings. The normalized spacial score (nSPS) is 24.0.